The van der Waals surface area contributed by atoms with Gasteiger partial charge in [0.1, 0.15) is 0 Å². The Morgan fingerprint density at radius 1 is 1.50 bits per heavy atom. The van der Waals surface area contributed by atoms with Gasteiger partial charge in [-0.25, -0.2) is 4.98 Å². The molecule has 0 aromatic carbocycles. The van der Waals surface area contributed by atoms with Crippen molar-refractivity contribution in [3.63, 3.8) is 0 Å². The highest BCUT2D eigenvalue weighted by atomic mass is 16.5. The van der Waals surface area contributed by atoms with Crippen molar-refractivity contribution in [2.45, 2.75) is 39.7 Å². The number of aromatic nitrogens is 1. The molecule has 0 spiro atoms. The minimum Gasteiger partial charge on any atom is -0.478 e. The van der Waals surface area contributed by atoms with Gasteiger partial charge in [0.15, 0.2) is 5.96 Å². The Morgan fingerprint density at radius 2 is 2.36 bits per heavy atom. The minimum absolute atomic E-state index is 0.694. The van der Waals surface area contributed by atoms with Crippen LogP contribution in [0.5, 0.6) is 5.88 Å². The van der Waals surface area contributed by atoms with E-state index in [0.29, 0.717) is 12.5 Å². The molecule has 5 nitrogen and oxygen atoms in total. The Morgan fingerprint density at radius 3 is 3.00 bits per heavy atom. The first-order chi connectivity index (χ1) is 10.7. The summed E-state index contributed by atoms with van der Waals surface area (Å²) in [6.45, 7) is 8.01. The molecular weight excluding hydrogens is 276 g/mol. The number of aliphatic imine (C=N–C) groups is 1. The van der Waals surface area contributed by atoms with E-state index in [1.54, 1.807) is 0 Å². The first-order valence-corrected chi connectivity index (χ1v) is 8.26. The molecule has 0 bridgehead atoms. The molecule has 2 rings (SSSR count). The topological polar surface area (TPSA) is 49.8 Å². The summed E-state index contributed by atoms with van der Waals surface area (Å²) < 4.78 is 5.50. The van der Waals surface area contributed by atoms with Crippen molar-refractivity contribution < 1.29 is 4.74 Å². The molecule has 1 aliphatic rings. The summed E-state index contributed by atoms with van der Waals surface area (Å²) in [5, 5.41) is 3.43. The van der Waals surface area contributed by atoms with Crippen LogP contribution in [0, 0.1) is 5.92 Å². The number of ether oxygens (including phenoxy) is 1. The van der Waals surface area contributed by atoms with Crippen LogP contribution in [-0.4, -0.2) is 42.6 Å². The van der Waals surface area contributed by atoms with Gasteiger partial charge >= 0.3 is 0 Å². The largest absolute Gasteiger partial charge is 0.478 e. The molecule has 5 heteroatoms. The Kier molecular flexibility index (Phi) is 6.49. The number of hydrogen-bond acceptors (Lipinski definition) is 3. The zero-order chi connectivity index (χ0) is 15.8. The molecule has 0 radical (unpaired) electrons. The van der Waals surface area contributed by atoms with Crippen LogP contribution in [0.15, 0.2) is 23.3 Å². The molecule has 1 atom stereocenters. The zero-order valence-corrected chi connectivity index (χ0v) is 14.0. The fraction of sp³-hybridized carbons (Fsp3) is 0.647. The van der Waals surface area contributed by atoms with Crippen molar-refractivity contribution >= 4 is 5.96 Å². The standard InChI is InChI=1S/C17H28N4O/c1-4-10-22-16-8-7-15(11-19-16)12-20-17(18-3)21-9-5-6-14(2)13-21/h7-8,11,14H,4-6,9-10,12-13H2,1-3H3,(H,18,20). The van der Waals surface area contributed by atoms with E-state index in [1.165, 1.54) is 12.8 Å². The zero-order valence-electron chi connectivity index (χ0n) is 14.0. The second-order valence-electron chi connectivity index (χ2n) is 5.95. The van der Waals surface area contributed by atoms with Gasteiger partial charge in [-0.3, -0.25) is 4.99 Å². The summed E-state index contributed by atoms with van der Waals surface area (Å²) in [6, 6.07) is 3.98. The van der Waals surface area contributed by atoms with Crippen LogP contribution in [0.2, 0.25) is 0 Å². The second-order valence-corrected chi connectivity index (χ2v) is 5.95. The monoisotopic (exact) mass is 304 g/mol. The van der Waals surface area contributed by atoms with Crippen molar-refractivity contribution in [1.82, 2.24) is 15.2 Å². The van der Waals surface area contributed by atoms with Crippen molar-refractivity contribution in [1.29, 1.82) is 0 Å². The number of piperidine rings is 1. The highest BCUT2D eigenvalue weighted by molar-refractivity contribution is 5.79. The Balaban J connectivity index is 1.85. The number of nitrogens with zero attached hydrogens (tertiary/aromatic N) is 3. The summed E-state index contributed by atoms with van der Waals surface area (Å²) in [5.74, 6) is 2.42. The van der Waals surface area contributed by atoms with E-state index in [0.717, 1.165) is 43.5 Å². The third-order valence-corrected chi connectivity index (χ3v) is 3.87. The molecule has 0 aliphatic carbocycles. The molecule has 0 amide bonds. The van der Waals surface area contributed by atoms with Crippen molar-refractivity contribution in [3.05, 3.63) is 23.9 Å². The van der Waals surface area contributed by atoms with Gasteiger partial charge in [-0.15, -0.1) is 0 Å². The number of rotatable bonds is 5. The maximum atomic E-state index is 5.50. The van der Waals surface area contributed by atoms with E-state index in [-0.39, 0.29) is 0 Å². The number of guanidine groups is 1. The van der Waals surface area contributed by atoms with E-state index in [1.807, 2.05) is 19.3 Å². The Bertz CT molecular complexity index is 472. The van der Waals surface area contributed by atoms with Gasteiger partial charge < -0.3 is 15.0 Å². The lowest BCUT2D eigenvalue weighted by atomic mass is 10.0. The van der Waals surface area contributed by atoms with Gasteiger partial charge in [0.05, 0.1) is 6.61 Å². The molecule has 2 heterocycles. The summed E-state index contributed by atoms with van der Waals surface area (Å²) in [7, 11) is 1.85. The fourth-order valence-corrected chi connectivity index (χ4v) is 2.70. The van der Waals surface area contributed by atoms with E-state index in [9.17, 15) is 0 Å². The molecule has 1 unspecified atom stereocenters. The molecule has 22 heavy (non-hydrogen) atoms. The van der Waals surface area contributed by atoms with Crippen LogP contribution in [0.1, 0.15) is 38.7 Å². The smallest absolute Gasteiger partial charge is 0.213 e. The highest BCUT2D eigenvalue weighted by Crippen LogP contribution is 2.15. The maximum absolute atomic E-state index is 5.50. The van der Waals surface area contributed by atoms with E-state index < -0.39 is 0 Å². The Hall–Kier alpha value is -1.78. The quantitative estimate of drug-likeness (QED) is 0.671. The molecule has 1 aromatic rings. The molecule has 1 fully saturated rings. The van der Waals surface area contributed by atoms with Crippen molar-refractivity contribution in [2.24, 2.45) is 10.9 Å². The fourth-order valence-electron chi connectivity index (χ4n) is 2.70. The minimum atomic E-state index is 0.694. The maximum Gasteiger partial charge on any atom is 0.213 e. The third-order valence-electron chi connectivity index (χ3n) is 3.87. The molecule has 122 valence electrons. The highest BCUT2D eigenvalue weighted by Gasteiger charge is 2.18. The van der Waals surface area contributed by atoms with Crippen molar-refractivity contribution in [3.8, 4) is 5.88 Å². The predicted octanol–water partition coefficient (Wildman–Crippen LogP) is 2.68. The van der Waals surface area contributed by atoms with Gasteiger partial charge in [-0.2, -0.15) is 0 Å². The number of hydrogen-bond donors (Lipinski definition) is 1. The van der Waals surface area contributed by atoms with Crippen LogP contribution in [0.4, 0.5) is 0 Å². The van der Waals surface area contributed by atoms with Gasteiger partial charge in [0, 0.05) is 38.9 Å². The van der Waals surface area contributed by atoms with E-state index in [4.69, 9.17) is 4.74 Å². The molecule has 1 aliphatic heterocycles. The van der Waals surface area contributed by atoms with Crippen LogP contribution in [0.25, 0.3) is 0 Å². The average Bonchev–Trinajstić information content (AvgIpc) is 2.55. The van der Waals surface area contributed by atoms with Gasteiger partial charge in [-0.1, -0.05) is 19.9 Å². The normalized spacial score (nSPS) is 19.1. The van der Waals surface area contributed by atoms with E-state index in [2.05, 4.69) is 40.1 Å². The lowest BCUT2D eigenvalue weighted by Crippen LogP contribution is -2.45. The first-order valence-electron chi connectivity index (χ1n) is 8.26. The molecule has 1 N–H and O–H groups in total. The lowest BCUT2D eigenvalue weighted by molar-refractivity contribution is 0.266. The average molecular weight is 304 g/mol. The van der Waals surface area contributed by atoms with Gasteiger partial charge in [0.2, 0.25) is 5.88 Å². The summed E-state index contributed by atoms with van der Waals surface area (Å²) in [4.78, 5) is 11.1. The SMILES string of the molecule is CCCOc1ccc(CNC(=NC)N2CCCC(C)C2)cn1. The van der Waals surface area contributed by atoms with Crippen LogP contribution in [-0.2, 0) is 6.54 Å². The van der Waals surface area contributed by atoms with Gasteiger partial charge in [0.25, 0.3) is 0 Å². The molecular formula is C17H28N4O. The second kappa shape index (κ2) is 8.61. The summed E-state index contributed by atoms with van der Waals surface area (Å²) in [5.41, 5.74) is 1.13. The van der Waals surface area contributed by atoms with Crippen LogP contribution >= 0.6 is 0 Å². The van der Waals surface area contributed by atoms with Crippen molar-refractivity contribution in [2.75, 3.05) is 26.7 Å². The molecule has 1 saturated heterocycles. The summed E-state index contributed by atoms with van der Waals surface area (Å²) >= 11 is 0. The third kappa shape index (κ3) is 4.90. The predicted molar refractivity (Wildman–Crippen MR) is 90.2 cm³/mol. The Labute approximate surface area is 133 Å². The molecule has 1 aromatic heterocycles. The number of pyridine rings is 1. The summed E-state index contributed by atoms with van der Waals surface area (Å²) in [6.07, 6.45) is 5.42. The molecule has 0 saturated carbocycles. The number of likely N-dealkylation sites (tertiary alicyclic amines) is 1. The van der Waals surface area contributed by atoms with Crippen LogP contribution < -0.4 is 10.1 Å². The first kappa shape index (κ1) is 16.6. The van der Waals surface area contributed by atoms with E-state index >= 15 is 0 Å². The van der Waals surface area contributed by atoms with Crippen LogP contribution in [0.3, 0.4) is 0 Å². The number of nitrogens with one attached hydrogen (secondary N) is 1. The van der Waals surface area contributed by atoms with Gasteiger partial charge in [-0.05, 0) is 30.7 Å². The lowest BCUT2D eigenvalue weighted by Gasteiger charge is -2.33.